The van der Waals surface area contributed by atoms with Crippen LogP contribution in [-0.4, -0.2) is 0 Å². The quantitative estimate of drug-likeness (QED) is 0.153. The minimum atomic E-state index is -0.382. The Bertz CT molecular complexity index is 4340. The monoisotopic (exact) mass is 974 g/mol. The number of nitrogens with zero attached hydrogens (tertiary/aromatic N) is 2. The molecule has 0 radical (unpaired) electrons. The van der Waals surface area contributed by atoms with Crippen LogP contribution in [0.5, 0.6) is 0 Å². The fourth-order valence-corrected chi connectivity index (χ4v) is 15.7. The summed E-state index contributed by atoms with van der Waals surface area (Å²) in [6.07, 6.45) is 0. The van der Waals surface area contributed by atoms with E-state index in [0.717, 1.165) is 34.1 Å². The third-order valence-corrected chi connectivity index (χ3v) is 18.4. The predicted molar refractivity (Wildman–Crippen MR) is 319 cm³/mol. The maximum atomic E-state index is 2.58. The van der Waals surface area contributed by atoms with E-state index in [0.29, 0.717) is 0 Å². The Hall–Kier alpha value is -7.76. The van der Waals surface area contributed by atoms with Crippen LogP contribution in [0.15, 0.2) is 218 Å². The van der Waals surface area contributed by atoms with Crippen LogP contribution >= 0.6 is 22.7 Å². The molecule has 0 saturated carbocycles. The molecule has 352 valence electrons. The van der Waals surface area contributed by atoms with Crippen LogP contribution in [0.1, 0.15) is 52.7 Å². The van der Waals surface area contributed by atoms with Crippen LogP contribution in [0.25, 0.3) is 83.8 Å². The lowest BCUT2D eigenvalue weighted by Crippen LogP contribution is -2.50. The largest absolute Gasteiger partial charge is 0.310 e. The molecule has 0 bridgehead atoms. The molecule has 4 heteroatoms. The van der Waals surface area contributed by atoms with Crippen LogP contribution in [0.3, 0.4) is 0 Å². The summed E-state index contributed by atoms with van der Waals surface area (Å²) in [7, 11) is 0. The van der Waals surface area contributed by atoms with Gasteiger partial charge in [0.2, 0.25) is 0 Å². The standard InChI is InChI=1S/C69H54N2S2/c1-67(2,3)69(68(4,5)6)60-39-44-37-47(70(45-19-9-7-10-20-45)49-32-35-63-57(41-49)52-24-15-17-27-61(52)72-63)30-29-43(44)38-59(60)65-54-26-14-13-23-51(54)56-40-48(31-34-55(56)66(65)69)71(46-21-11-8-12-22-46)50-33-36-64-58(42-50)53-25-16-18-28-62(53)73-64/h7-42H,1-6H3. The second-order valence-corrected chi connectivity index (χ2v) is 24.3. The van der Waals surface area contributed by atoms with Crippen molar-refractivity contribution in [2.45, 2.75) is 47.0 Å². The molecule has 11 aromatic carbocycles. The number of hydrogen-bond donors (Lipinski definition) is 0. The number of benzene rings is 11. The highest BCUT2D eigenvalue weighted by Crippen LogP contribution is 2.68. The zero-order valence-corrected chi connectivity index (χ0v) is 43.6. The Morgan fingerprint density at radius 1 is 0.315 bits per heavy atom. The molecule has 0 spiro atoms. The second kappa shape index (κ2) is 16.1. The van der Waals surface area contributed by atoms with Crippen LogP contribution in [-0.2, 0) is 5.41 Å². The van der Waals surface area contributed by atoms with Gasteiger partial charge >= 0.3 is 0 Å². The van der Waals surface area contributed by atoms with Crippen molar-refractivity contribution >= 4 is 129 Å². The highest BCUT2D eigenvalue weighted by molar-refractivity contribution is 7.26. The van der Waals surface area contributed by atoms with E-state index in [9.17, 15) is 0 Å². The summed E-state index contributed by atoms with van der Waals surface area (Å²) < 4.78 is 5.25. The molecule has 0 saturated heterocycles. The maximum absolute atomic E-state index is 2.58. The Kier molecular flexibility index (Phi) is 9.71. The molecule has 14 rings (SSSR count). The Morgan fingerprint density at radius 2 is 0.753 bits per heavy atom. The fourth-order valence-electron chi connectivity index (χ4n) is 13.5. The summed E-state index contributed by atoms with van der Waals surface area (Å²) in [6.45, 7) is 14.9. The summed E-state index contributed by atoms with van der Waals surface area (Å²) >= 11 is 3.73. The third kappa shape index (κ3) is 6.53. The van der Waals surface area contributed by atoms with Gasteiger partial charge in [-0.1, -0.05) is 151 Å². The normalized spacial score (nSPS) is 13.5. The molecule has 2 heterocycles. The molecule has 1 aliphatic rings. The van der Waals surface area contributed by atoms with Crippen molar-refractivity contribution in [3.8, 4) is 11.1 Å². The zero-order valence-electron chi connectivity index (χ0n) is 42.0. The van der Waals surface area contributed by atoms with Gasteiger partial charge in [0.25, 0.3) is 0 Å². The maximum Gasteiger partial charge on any atom is 0.0468 e. The third-order valence-electron chi connectivity index (χ3n) is 16.0. The molecule has 0 N–H and O–H groups in total. The van der Waals surface area contributed by atoms with E-state index in [4.69, 9.17) is 0 Å². The van der Waals surface area contributed by atoms with Gasteiger partial charge in [-0.05, 0) is 175 Å². The van der Waals surface area contributed by atoms with Gasteiger partial charge in [0.1, 0.15) is 0 Å². The topological polar surface area (TPSA) is 6.48 Å². The first-order valence-corrected chi connectivity index (χ1v) is 27.2. The van der Waals surface area contributed by atoms with E-state index >= 15 is 0 Å². The Morgan fingerprint density at radius 3 is 1.30 bits per heavy atom. The summed E-state index contributed by atoms with van der Waals surface area (Å²) in [6, 6.07) is 82.1. The van der Waals surface area contributed by atoms with Gasteiger partial charge in [0.15, 0.2) is 0 Å². The van der Waals surface area contributed by atoms with Gasteiger partial charge in [-0.3, -0.25) is 0 Å². The van der Waals surface area contributed by atoms with Crippen molar-refractivity contribution in [3.05, 3.63) is 230 Å². The highest BCUT2D eigenvalue weighted by atomic mass is 32.1. The first-order valence-electron chi connectivity index (χ1n) is 25.6. The molecule has 0 fully saturated rings. The van der Waals surface area contributed by atoms with E-state index in [1.165, 1.54) is 94.9 Å². The predicted octanol–water partition coefficient (Wildman–Crippen LogP) is 21.2. The molecule has 2 nitrogen and oxygen atoms in total. The minimum Gasteiger partial charge on any atom is -0.310 e. The fraction of sp³-hybridized carbons (Fsp3) is 0.130. The molecule has 13 aromatic rings. The number of para-hydroxylation sites is 2. The first-order chi connectivity index (χ1) is 35.5. The summed E-state index contributed by atoms with van der Waals surface area (Å²) in [5.41, 5.74) is 11.7. The second-order valence-electron chi connectivity index (χ2n) is 22.1. The van der Waals surface area contributed by atoms with Crippen LogP contribution < -0.4 is 9.80 Å². The van der Waals surface area contributed by atoms with E-state index in [-0.39, 0.29) is 16.2 Å². The van der Waals surface area contributed by atoms with Gasteiger partial charge in [-0.2, -0.15) is 0 Å². The molecular weight excluding hydrogens is 921 g/mol. The molecule has 1 aliphatic carbocycles. The molecule has 2 aromatic heterocycles. The highest BCUT2D eigenvalue weighted by Gasteiger charge is 2.58. The zero-order chi connectivity index (χ0) is 49.4. The number of rotatable bonds is 6. The van der Waals surface area contributed by atoms with E-state index < -0.39 is 0 Å². The smallest absolute Gasteiger partial charge is 0.0468 e. The number of anilines is 6. The van der Waals surface area contributed by atoms with E-state index in [1.807, 2.05) is 22.7 Å². The molecule has 0 aliphatic heterocycles. The lowest BCUT2D eigenvalue weighted by atomic mass is 9.49. The average Bonchev–Trinajstić information content (AvgIpc) is 4.07. The molecular formula is C69H54N2S2. The summed E-state index contributed by atoms with van der Waals surface area (Å²) in [4.78, 5) is 4.89. The van der Waals surface area contributed by atoms with Gasteiger partial charge in [-0.15, -0.1) is 22.7 Å². The van der Waals surface area contributed by atoms with Crippen LogP contribution in [0, 0.1) is 10.8 Å². The summed E-state index contributed by atoms with van der Waals surface area (Å²) in [5.74, 6) is 0. The number of fused-ring (bicyclic) bond motifs is 15. The van der Waals surface area contributed by atoms with Crippen molar-refractivity contribution in [1.29, 1.82) is 0 Å². The SMILES string of the molecule is CC(C)(C)C1(C(C)(C)C)c2cc3cc(N(c4ccccc4)c4ccc5sc6ccccc6c5c4)ccc3cc2-c2c1c1ccc(N(c3ccccc3)c3ccc4sc5ccccc5c4c3)cc1c1ccccc21. The van der Waals surface area contributed by atoms with Gasteiger partial charge in [0.05, 0.1) is 0 Å². The first kappa shape index (κ1) is 44.0. The van der Waals surface area contributed by atoms with Crippen molar-refractivity contribution in [1.82, 2.24) is 0 Å². The lowest BCUT2D eigenvalue weighted by Gasteiger charge is -2.53. The van der Waals surface area contributed by atoms with Crippen molar-refractivity contribution < 1.29 is 0 Å². The van der Waals surface area contributed by atoms with Crippen molar-refractivity contribution in [3.63, 3.8) is 0 Å². The van der Waals surface area contributed by atoms with Crippen LogP contribution in [0.2, 0.25) is 0 Å². The Balaban J connectivity index is 0.994. The molecule has 0 amide bonds. The van der Waals surface area contributed by atoms with Crippen molar-refractivity contribution in [2.75, 3.05) is 9.80 Å². The average molecular weight is 975 g/mol. The Labute approximate surface area is 435 Å². The number of hydrogen-bond acceptors (Lipinski definition) is 4. The van der Waals surface area contributed by atoms with Gasteiger partial charge in [-0.25, -0.2) is 0 Å². The molecule has 0 atom stereocenters. The van der Waals surface area contributed by atoms with E-state index in [2.05, 4.69) is 270 Å². The molecule has 0 unspecified atom stereocenters. The summed E-state index contributed by atoms with van der Waals surface area (Å²) in [5, 5.41) is 12.9. The minimum absolute atomic E-state index is 0.186. The van der Waals surface area contributed by atoms with Crippen LogP contribution in [0.4, 0.5) is 34.1 Å². The lowest BCUT2D eigenvalue weighted by molar-refractivity contribution is 0.0965. The van der Waals surface area contributed by atoms with Gasteiger partial charge in [0, 0.05) is 79.9 Å². The van der Waals surface area contributed by atoms with E-state index in [1.54, 1.807) is 0 Å². The number of thiophene rings is 2. The molecule has 73 heavy (non-hydrogen) atoms. The van der Waals surface area contributed by atoms with Crippen molar-refractivity contribution in [2.24, 2.45) is 10.8 Å². The van der Waals surface area contributed by atoms with Gasteiger partial charge < -0.3 is 9.80 Å².